The largest absolute Gasteiger partial charge is 0.386 e. The summed E-state index contributed by atoms with van der Waals surface area (Å²) >= 11 is 5.65. The van der Waals surface area contributed by atoms with E-state index in [0.29, 0.717) is 34.3 Å². The third kappa shape index (κ3) is 6.61. The first-order chi connectivity index (χ1) is 16.3. The monoisotopic (exact) mass is 502 g/mol. The van der Waals surface area contributed by atoms with E-state index in [2.05, 4.69) is 20.9 Å². The van der Waals surface area contributed by atoms with E-state index >= 15 is 0 Å². The van der Waals surface area contributed by atoms with Crippen molar-refractivity contribution in [2.45, 2.75) is 23.3 Å². The van der Waals surface area contributed by atoms with E-state index in [1.54, 1.807) is 37.6 Å². The highest BCUT2D eigenvalue weighted by Gasteiger charge is 2.44. The average Bonchev–Trinajstić information content (AvgIpc) is 3.60. The number of nitrogens with zero attached hydrogens (tertiary/aromatic N) is 1. The molecule has 1 fully saturated rings. The van der Waals surface area contributed by atoms with E-state index in [4.69, 9.17) is 11.6 Å². The van der Waals surface area contributed by atoms with Crippen LogP contribution in [0.4, 0.5) is 20.7 Å². The SMILES string of the molecule is CNc1ccc(-c2ccccc2S(C)=O)cc1F.O=CC1(NC(=O)Nc2ccc(Cl)cn2)CC1. The van der Waals surface area contributed by atoms with Crippen LogP contribution in [0.1, 0.15) is 12.8 Å². The normalized spacial score (nSPS) is 14.1. The smallest absolute Gasteiger partial charge is 0.321 e. The molecule has 178 valence electrons. The number of hydrogen-bond acceptors (Lipinski definition) is 5. The molecular weight excluding hydrogens is 479 g/mol. The van der Waals surface area contributed by atoms with Gasteiger partial charge in [0.25, 0.3) is 0 Å². The van der Waals surface area contributed by atoms with E-state index < -0.39 is 22.4 Å². The molecule has 1 atom stereocenters. The van der Waals surface area contributed by atoms with Crippen molar-refractivity contribution >= 4 is 46.2 Å². The van der Waals surface area contributed by atoms with Crippen LogP contribution in [0.25, 0.3) is 11.1 Å². The molecule has 1 heterocycles. The van der Waals surface area contributed by atoms with Crippen LogP contribution < -0.4 is 16.0 Å². The number of carbonyl (C=O) groups is 2. The highest BCUT2D eigenvalue weighted by molar-refractivity contribution is 7.84. The second-order valence-corrected chi connectivity index (χ2v) is 9.39. The van der Waals surface area contributed by atoms with Crippen molar-refractivity contribution < 1.29 is 18.2 Å². The molecule has 34 heavy (non-hydrogen) atoms. The van der Waals surface area contributed by atoms with Gasteiger partial charge >= 0.3 is 6.03 Å². The van der Waals surface area contributed by atoms with Crippen LogP contribution >= 0.6 is 11.6 Å². The van der Waals surface area contributed by atoms with Gasteiger partial charge in [0.2, 0.25) is 0 Å². The fourth-order valence-corrected chi connectivity index (χ4v) is 3.95. The number of aromatic nitrogens is 1. The Morgan fingerprint density at radius 3 is 2.47 bits per heavy atom. The summed E-state index contributed by atoms with van der Waals surface area (Å²) in [5, 5.41) is 8.38. The van der Waals surface area contributed by atoms with Gasteiger partial charge < -0.3 is 15.4 Å². The molecule has 0 saturated heterocycles. The zero-order valence-electron chi connectivity index (χ0n) is 18.6. The molecule has 7 nitrogen and oxygen atoms in total. The Bertz CT molecular complexity index is 1200. The van der Waals surface area contributed by atoms with Crippen molar-refractivity contribution in [1.29, 1.82) is 0 Å². The maximum absolute atomic E-state index is 13.7. The molecule has 2 aromatic carbocycles. The molecule has 1 aliphatic carbocycles. The van der Waals surface area contributed by atoms with E-state index in [1.807, 2.05) is 24.3 Å². The highest BCUT2D eigenvalue weighted by atomic mass is 35.5. The second kappa shape index (κ2) is 11.2. The van der Waals surface area contributed by atoms with E-state index in [9.17, 15) is 18.2 Å². The Balaban J connectivity index is 0.000000192. The first-order valence-corrected chi connectivity index (χ1v) is 12.3. The number of rotatable bonds is 6. The van der Waals surface area contributed by atoms with E-state index in [0.717, 1.165) is 17.4 Å². The van der Waals surface area contributed by atoms with Gasteiger partial charge in [0.15, 0.2) is 0 Å². The molecule has 0 bridgehead atoms. The molecule has 4 rings (SSSR count). The number of urea groups is 1. The fourth-order valence-electron chi connectivity index (χ4n) is 3.07. The number of carbonyl (C=O) groups excluding carboxylic acids is 2. The first-order valence-electron chi connectivity index (χ1n) is 10.3. The highest BCUT2D eigenvalue weighted by Crippen LogP contribution is 2.32. The van der Waals surface area contributed by atoms with Crippen molar-refractivity contribution in [2.24, 2.45) is 0 Å². The Labute approximate surface area is 204 Å². The molecule has 10 heteroatoms. The Morgan fingerprint density at radius 1 is 1.18 bits per heavy atom. The predicted octanol–water partition coefficient (Wildman–Crippen LogP) is 4.86. The first kappa shape index (κ1) is 25.3. The second-order valence-electron chi connectivity index (χ2n) is 7.61. The molecule has 3 N–H and O–H groups in total. The number of hydrogen-bond donors (Lipinski definition) is 3. The molecule has 1 aromatic heterocycles. The molecule has 2 amide bonds. The maximum atomic E-state index is 13.7. The van der Waals surface area contributed by atoms with Crippen LogP contribution in [-0.2, 0) is 15.6 Å². The maximum Gasteiger partial charge on any atom is 0.321 e. The van der Waals surface area contributed by atoms with Crippen LogP contribution in [0.15, 0.2) is 65.7 Å². The number of halogens is 2. The third-order valence-corrected chi connectivity index (χ3v) is 6.29. The van der Waals surface area contributed by atoms with Gasteiger partial charge in [-0.2, -0.15) is 0 Å². The quantitative estimate of drug-likeness (QED) is 0.418. The zero-order chi connectivity index (χ0) is 24.7. The summed E-state index contributed by atoms with van der Waals surface area (Å²) in [6.07, 6.45) is 5.21. The Morgan fingerprint density at radius 2 is 1.91 bits per heavy atom. The molecule has 3 aromatic rings. The van der Waals surface area contributed by atoms with Crippen LogP contribution in [-0.4, -0.2) is 40.4 Å². The minimum atomic E-state index is -1.09. The standard InChI is InChI=1S/C14H14FNOS.C10H10ClN3O2/c1-16-13-8-7-10(9-12(13)15)11-5-3-4-6-14(11)18(2)17;11-7-1-2-8(12-5-7)13-9(16)14-10(6-15)3-4-10/h3-9,16H,1-2H3;1-2,5-6H,3-4H2,(H2,12,13,14,16). The van der Waals surface area contributed by atoms with Crippen LogP contribution in [0.2, 0.25) is 5.02 Å². The van der Waals surface area contributed by atoms with Gasteiger partial charge in [-0.1, -0.05) is 35.9 Å². The van der Waals surface area contributed by atoms with Crippen LogP contribution in [0, 0.1) is 5.82 Å². The molecule has 1 unspecified atom stereocenters. The number of pyridine rings is 1. The lowest BCUT2D eigenvalue weighted by Gasteiger charge is -2.10. The number of anilines is 2. The number of benzene rings is 2. The minimum Gasteiger partial charge on any atom is -0.386 e. The van der Waals surface area contributed by atoms with E-state index in [-0.39, 0.29) is 5.82 Å². The summed E-state index contributed by atoms with van der Waals surface area (Å²) in [5.41, 5.74) is 1.34. The summed E-state index contributed by atoms with van der Waals surface area (Å²) in [6, 6.07) is 15.1. The lowest BCUT2D eigenvalue weighted by atomic mass is 10.1. The molecule has 0 aliphatic heterocycles. The summed E-state index contributed by atoms with van der Waals surface area (Å²) < 4.78 is 25.4. The van der Waals surface area contributed by atoms with Gasteiger partial charge in [0.1, 0.15) is 17.9 Å². The molecular formula is C24H24ClFN4O3S. The summed E-state index contributed by atoms with van der Waals surface area (Å²) in [4.78, 5) is 26.7. The molecule has 1 aliphatic rings. The zero-order valence-corrected chi connectivity index (χ0v) is 20.2. The number of nitrogens with one attached hydrogen (secondary N) is 3. The third-order valence-electron chi connectivity index (χ3n) is 5.09. The van der Waals surface area contributed by atoms with Crippen molar-refractivity contribution in [1.82, 2.24) is 10.3 Å². The number of aldehydes is 1. The van der Waals surface area contributed by atoms with Crippen molar-refractivity contribution in [2.75, 3.05) is 23.9 Å². The average molecular weight is 503 g/mol. The lowest BCUT2D eigenvalue weighted by molar-refractivity contribution is -0.110. The minimum absolute atomic E-state index is 0.313. The van der Waals surface area contributed by atoms with Gasteiger partial charge in [0, 0.05) is 24.4 Å². The topological polar surface area (TPSA) is 100 Å². The molecule has 0 radical (unpaired) electrons. The van der Waals surface area contributed by atoms with Crippen molar-refractivity contribution in [3.05, 3.63) is 71.6 Å². The summed E-state index contributed by atoms with van der Waals surface area (Å²) in [7, 11) is 0.581. The Kier molecular flexibility index (Phi) is 8.36. The van der Waals surface area contributed by atoms with Gasteiger partial charge in [-0.15, -0.1) is 0 Å². The Hall–Kier alpha value is -3.30. The van der Waals surface area contributed by atoms with Gasteiger partial charge in [0.05, 0.1) is 27.0 Å². The van der Waals surface area contributed by atoms with Gasteiger partial charge in [-0.3, -0.25) is 9.53 Å². The van der Waals surface area contributed by atoms with Crippen LogP contribution in [0.5, 0.6) is 0 Å². The summed E-state index contributed by atoms with van der Waals surface area (Å²) in [6.45, 7) is 0. The predicted molar refractivity (Wildman–Crippen MR) is 133 cm³/mol. The molecule has 0 spiro atoms. The number of amides is 2. The van der Waals surface area contributed by atoms with Gasteiger partial charge in [-0.25, -0.2) is 14.2 Å². The fraction of sp³-hybridized carbons (Fsp3) is 0.208. The van der Waals surface area contributed by atoms with E-state index in [1.165, 1.54) is 12.3 Å². The van der Waals surface area contributed by atoms with Crippen molar-refractivity contribution in [3.63, 3.8) is 0 Å². The lowest BCUT2D eigenvalue weighted by Crippen LogP contribution is -2.40. The summed E-state index contributed by atoms with van der Waals surface area (Å²) in [5.74, 6) is 0.0790. The van der Waals surface area contributed by atoms with Gasteiger partial charge in [-0.05, 0) is 54.3 Å². The van der Waals surface area contributed by atoms with Crippen LogP contribution in [0.3, 0.4) is 0 Å². The van der Waals surface area contributed by atoms with Crippen molar-refractivity contribution in [3.8, 4) is 11.1 Å². The molecule has 1 saturated carbocycles.